The third-order valence-corrected chi connectivity index (χ3v) is 4.65. The van der Waals surface area contributed by atoms with Crippen molar-refractivity contribution in [2.45, 2.75) is 6.10 Å². The Labute approximate surface area is 121 Å². The van der Waals surface area contributed by atoms with E-state index in [9.17, 15) is 4.39 Å². The smallest absolute Gasteiger partial charge is 0.162 e. The minimum atomic E-state index is -0.368. The van der Waals surface area contributed by atoms with Crippen LogP contribution in [0, 0.1) is 5.82 Å². The number of halogens is 3. The van der Waals surface area contributed by atoms with Gasteiger partial charge in [-0.25, -0.2) is 4.39 Å². The molecule has 94 valence electrons. The number of anilines is 1. The van der Waals surface area contributed by atoms with Gasteiger partial charge < -0.3 is 10.1 Å². The molecule has 18 heavy (non-hydrogen) atoms. The molecule has 0 saturated heterocycles. The zero-order chi connectivity index (χ0) is 12.7. The van der Waals surface area contributed by atoms with Crippen LogP contribution < -0.4 is 10.1 Å². The molecular weight excluding hydrogens is 341 g/mol. The Hall–Kier alpha value is -0.780. The van der Waals surface area contributed by atoms with Gasteiger partial charge in [0.2, 0.25) is 0 Å². The van der Waals surface area contributed by atoms with Gasteiger partial charge in [-0.2, -0.15) is 0 Å². The summed E-state index contributed by atoms with van der Waals surface area (Å²) in [7, 11) is 0. The fourth-order valence-electron chi connectivity index (χ4n) is 1.86. The van der Waals surface area contributed by atoms with E-state index in [2.05, 4.69) is 21.2 Å². The van der Waals surface area contributed by atoms with Crippen molar-refractivity contribution in [1.82, 2.24) is 0 Å². The maximum absolute atomic E-state index is 13.2. The molecule has 0 fully saturated rings. The first-order valence-corrected chi connectivity index (χ1v) is 7.27. The van der Waals surface area contributed by atoms with Crippen molar-refractivity contribution in [3.05, 3.63) is 43.8 Å². The predicted octanol–water partition coefficient (Wildman–Crippen LogP) is 4.85. The summed E-state index contributed by atoms with van der Waals surface area (Å²) in [6, 6.07) is 6.63. The minimum absolute atomic E-state index is 0.100. The van der Waals surface area contributed by atoms with E-state index in [0.717, 1.165) is 8.66 Å². The van der Waals surface area contributed by atoms with Crippen LogP contribution in [0.4, 0.5) is 10.1 Å². The minimum Gasteiger partial charge on any atom is -0.479 e. The molecule has 1 aromatic carbocycles. The summed E-state index contributed by atoms with van der Waals surface area (Å²) in [5, 5.41) is 3.43. The van der Waals surface area contributed by atoms with Crippen LogP contribution in [0.2, 0.25) is 5.02 Å². The zero-order valence-corrected chi connectivity index (χ0v) is 12.2. The first kappa shape index (κ1) is 12.3. The molecule has 1 aromatic heterocycles. The van der Waals surface area contributed by atoms with Crippen molar-refractivity contribution in [3.63, 3.8) is 0 Å². The van der Waals surface area contributed by atoms with Crippen LogP contribution >= 0.6 is 38.9 Å². The Morgan fingerprint density at radius 1 is 1.44 bits per heavy atom. The van der Waals surface area contributed by atoms with Gasteiger partial charge in [-0.05, 0) is 34.1 Å². The largest absolute Gasteiger partial charge is 0.479 e. The maximum atomic E-state index is 13.2. The molecule has 1 N–H and O–H groups in total. The highest BCUT2D eigenvalue weighted by molar-refractivity contribution is 9.11. The molecule has 1 unspecified atom stereocenters. The van der Waals surface area contributed by atoms with Crippen LogP contribution in [0.5, 0.6) is 5.75 Å². The van der Waals surface area contributed by atoms with E-state index in [-0.39, 0.29) is 16.9 Å². The molecule has 0 saturated carbocycles. The number of fused-ring (bicyclic) bond motifs is 1. The van der Waals surface area contributed by atoms with Gasteiger partial charge >= 0.3 is 0 Å². The second kappa shape index (κ2) is 4.72. The first-order valence-electron chi connectivity index (χ1n) is 5.28. The number of rotatable bonds is 1. The highest BCUT2D eigenvalue weighted by Crippen LogP contribution is 2.41. The molecular formula is C12H8BrClFNOS. The average molecular weight is 349 g/mol. The van der Waals surface area contributed by atoms with Crippen LogP contribution in [0.3, 0.4) is 0 Å². The number of hydrogen-bond acceptors (Lipinski definition) is 3. The summed E-state index contributed by atoms with van der Waals surface area (Å²) in [6.07, 6.45) is -0.100. The highest BCUT2D eigenvalue weighted by Gasteiger charge is 2.24. The summed E-state index contributed by atoms with van der Waals surface area (Å²) >= 11 is 11.0. The van der Waals surface area contributed by atoms with Crippen molar-refractivity contribution < 1.29 is 9.13 Å². The molecule has 0 amide bonds. The van der Waals surface area contributed by atoms with E-state index in [4.69, 9.17) is 16.3 Å². The summed E-state index contributed by atoms with van der Waals surface area (Å²) in [6.45, 7) is 0.597. The second-order valence-corrected chi connectivity index (χ2v) is 6.80. The fourth-order valence-corrected chi connectivity index (χ4v) is 3.56. The van der Waals surface area contributed by atoms with E-state index in [0.29, 0.717) is 18.0 Å². The molecule has 2 heterocycles. The second-order valence-electron chi connectivity index (χ2n) is 3.89. The monoisotopic (exact) mass is 347 g/mol. The molecule has 1 aliphatic heterocycles. The Bertz CT molecular complexity index is 604. The van der Waals surface area contributed by atoms with Gasteiger partial charge in [0.1, 0.15) is 5.82 Å². The van der Waals surface area contributed by atoms with Crippen LogP contribution in [0.1, 0.15) is 11.0 Å². The normalized spacial score (nSPS) is 17.8. The lowest BCUT2D eigenvalue weighted by Crippen LogP contribution is -2.23. The van der Waals surface area contributed by atoms with Crippen molar-refractivity contribution in [3.8, 4) is 5.75 Å². The molecule has 0 spiro atoms. The molecule has 0 bridgehead atoms. The Balaban J connectivity index is 1.93. The lowest BCUT2D eigenvalue weighted by Gasteiger charge is -2.27. The number of thiophene rings is 1. The molecule has 1 aliphatic rings. The Morgan fingerprint density at radius 2 is 2.28 bits per heavy atom. The fraction of sp³-hybridized carbons (Fsp3) is 0.167. The van der Waals surface area contributed by atoms with E-state index in [1.54, 1.807) is 11.3 Å². The highest BCUT2D eigenvalue weighted by atomic mass is 79.9. The SMILES string of the molecule is Fc1cc(Cl)c2c(c1)NCC(c1ccc(Br)s1)O2. The maximum Gasteiger partial charge on any atom is 0.162 e. The Kier molecular flexibility index (Phi) is 3.21. The number of benzene rings is 1. The molecule has 2 aromatic rings. The number of hydrogen-bond donors (Lipinski definition) is 1. The van der Waals surface area contributed by atoms with E-state index in [1.165, 1.54) is 12.1 Å². The molecule has 0 radical (unpaired) electrons. The van der Waals surface area contributed by atoms with Gasteiger partial charge in [0.15, 0.2) is 11.9 Å². The Morgan fingerprint density at radius 3 is 3.00 bits per heavy atom. The lowest BCUT2D eigenvalue weighted by atomic mass is 10.2. The van der Waals surface area contributed by atoms with Gasteiger partial charge in [0, 0.05) is 10.9 Å². The van der Waals surface area contributed by atoms with Gasteiger partial charge in [-0.3, -0.25) is 0 Å². The van der Waals surface area contributed by atoms with Crippen LogP contribution in [0.25, 0.3) is 0 Å². The van der Waals surface area contributed by atoms with E-state index in [1.807, 2.05) is 12.1 Å². The summed E-state index contributed by atoms with van der Waals surface area (Å²) in [5.74, 6) is 0.144. The van der Waals surface area contributed by atoms with Crippen LogP contribution in [-0.2, 0) is 0 Å². The molecule has 0 aliphatic carbocycles. The topological polar surface area (TPSA) is 21.3 Å². The molecule has 3 rings (SSSR count). The van der Waals surface area contributed by atoms with E-state index < -0.39 is 0 Å². The van der Waals surface area contributed by atoms with Gasteiger partial charge in [-0.15, -0.1) is 11.3 Å². The van der Waals surface area contributed by atoms with Crippen molar-refractivity contribution in [2.24, 2.45) is 0 Å². The molecule has 1 atom stereocenters. The van der Waals surface area contributed by atoms with Gasteiger partial charge in [-0.1, -0.05) is 11.6 Å². The average Bonchev–Trinajstić information content (AvgIpc) is 2.75. The summed E-state index contributed by atoms with van der Waals surface area (Å²) in [5.41, 5.74) is 0.604. The quantitative estimate of drug-likeness (QED) is 0.795. The predicted molar refractivity (Wildman–Crippen MR) is 75.3 cm³/mol. The third-order valence-electron chi connectivity index (χ3n) is 2.66. The third kappa shape index (κ3) is 2.22. The van der Waals surface area contributed by atoms with Gasteiger partial charge in [0.25, 0.3) is 0 Å². The van der Waals surface area contributed by atoms with Crippen LogP contribution in [-0.4, -0.2) is 6.54 Å². The first-order chi connectivity index (χ1) is 8.63. The molecule has 2 nitrogen and oxygen atoms in total. The van der Waals surface area contributed by atoms with Crippen LogP contribution in [0.15, 0.2) is 28.1 Å². The number of ether oxygens (including phenoxy) is 1. The summed E-state index contributed by atoms with van der Waals surface area (Å²) in [4.78, 5) is 1.10. The standard InChI is InChI=1S/C12H8BrClFNOS/c13-11-2-1-10(18-11)9-5-16-8-4-6(15)3-7(14)12(8)17-9/h1-4,9,16H,5H2. The van der Waals surface area contributed by atoms with E-state index >= 15 is 0 Å². The van der Waals surface area contributed by atoms with Crippen molar-refractivity contribution >= 4 is 44.6 Å². The summed E-state index contributed by atoms with van der Waals surface area (Å²) < 4.78 is 20.1. The zero-order valence-electron chi connectivity index (χ0n) is 9.04. The number of nitrogens with one attached hydrogen (secondary N) is 1. The lowest BCUT2D eigenvalue weighted by molar-refractivity contribution is 0.214. The van der Waals surface area contributed by atoms with Gasteiger partial charge in [0.05, 0.1) is 21.0 Å². The molecule has 6 heteroatoms. The van der Waals surface area contributed by atoms with Crippen molar-refractivity contribution in [1.29, 1.82) is 0 Å². The van der Waals surface area contributed by atoms with Crippen molar-refractivity contribution in [2.75, 3.05) is 11.9 Å².